The van der Waals surface area contributed by atoms with E-state index in [1.54, 1.807) is 0 Å². The molecule has 1 aliphatic carbocycles. The topological polar surface area (TPSA) is 46.5 Å². The highest BCUT2D eigenvalue weighted by molar-refractivity contribution is 5.77. The highest BCUT2D eigenvalue weighted by Crippen LogP contribution is 2.59. The SMILES string of the molecule is CCCC1(C2(C(=O)O)CCC2)COC1. The van der Waals surface area contributed by atoms with Gasteiger partial charge < -0.3 is 9.84 Å². The van der Waals surface area contributed by atoms with Crippen molar-refractivity contribution >= 4 is 5.97 Å². The number of rotatable bonds is 4. The van der Waals surface area contributed by atoms with Crippen molar-refractivity contribution in [1.82, 2.24) is 0 Å². The first-order valence-corrected chi connectivity index (χ1v) is 5.48. The lowest BCUT2D eigenvalue weighted by atomic mass is 9.50. The van der Waals surface area contributed by atoms with E-state index in [1.165, 1.54) is 0 Å². The maximum Gasteiger partial charge on any atom is 0.310 e. The number of carboxylic acid groups (broad SMARTS) is 1. The third-order valence-corrected chi connectivity index (χ3v) is 4.12. The fourth-order valence-corrected chi connectivity index (χ4v) is 2.99. The van der Waals surface area contributed by atoms with Crippen LogP contribution in [0.2, 0.25) is 0 Å². The Morgan fingerprint density at radius 1 is 1.43 bits per heavy atom. The van der Waals surface area contributed by atoms with Gasteiger partial charge in [0.15, 0.2) is 0 Å². The molecule has 14 heavy (non-hydrogen) atoms. The number of aliphatic carboxylic acids is 1. The van der Waals surface area contributed by atoms with E-state index in [0.717, 1.165) is 32.1 Å². The molecule has 3 nitrogen and oxygen atoms in total. The Kier molecular flexibility index (Phi) is 2.30. The molecular formula is C11H18O3. The van der Waals surface area contributed by atoms with E-state index in [0.29, 0.717) is 13.2 Å². The quantitative estimate of drug-likeness (QED) is 0.752. The summed E-state index contributed by atoms with van der Waals surface area (Å²) < 4.78 is 5.26. The normalized spacial score (nSPS) is 27.5. The van der Waals surface area contributed by atoms with Crippen molar-refractivity contribution in [3.8, 4) is 0 Å². The Morgan fingerprint density at radius 2 is 2.07 bits per heavy atom. The first-order chi connectivity index (χ1) is 6.67. The first kappa shape index (κ1) is 9.97. The molecule has 1 saturated carbocycles. The van der Waals surface area contributed by atoms with E-state index >= 15 is 0 Å². The van der Waals surface area contributed by atoms with Crippen molar-refractivity contribution in [2.75, 3.05) is 13.2 Å². The summed E-state index contributed by atoms with van der Waals surface area (Å²) in [6.45, 7) is 3.44. The van der Waals surface area contributed by atoms with Crippen molar-refractivity contribution in [3.05, 3.63) is 0 Å². The average molecular weight is 198 g/mol. The van der Waals surface area contributed by atoms with E-state index in [4.69, 9.17) is 4.74 Å². The maximum absolute atomic E-state index is 11.4. The lowest BCUT2D eigenvalue weighted by Gasteiger charge is -2.57. The maximum atomic E-state index is 11.4. The van der Waals surface area contributed by atoms with Crippen LogP contribution in [0, 0.1) is 10.8 Å². The van der Waals surface area contributed by atoms with E-state index < -0.39 is 11.4 Å². The largest absolute Gasteiger partial charge is 0.481 e. The summed E-state index contributed by atoms with van der Waals surface area (Å²) in [5.41, 5.74) is -0.479. The van der Waals surface area contributed by atoms with Gasteiger partial charge >= 0.3 is 5.97 Å². The van der Waals surface area contributed by atoms with E-state index in [9.17, 15) is 9.90 Å². The number of hydrogen-bond donors (Lipinski definition) is 1. The molecule has 0 aromatic rings. The second-order valence-electron chi connectivity index (χ2n) is 4.76. The second-order valence-corrected chi connectivity index (χ2v) is 4.76. The smallest absolute Gasteiger partial charge is 0.310 e. The molecule has 80 valence electrons. The molecule has 3 heteroatoms. The van der Waals surface area contributed by atoms with Crippen molar-refractivity contribution in [1.29, 1.82) is 0 Å². The minimum absolute atomic E-state index is 0.0359. The number of carboxylic acids is 1. The lowest BCUT2D eigenvalue weighted by Crippen LogP contribution is -2.61. The van der Waals surface area contributed by atoms with Gasteiger partial charge in [-0.05, 0) is 19.3 Å². The molecule has 2 fully saturated rings. The van der Waals surface area contributed by atoms with Gasteiger partial charge in [0, 0.05) is 5.41 Å². The van der Waals surface area contributed by atoms with Crippen LogP contribution >= 0.6 is 0 Å². The van der Waals surface area contributed by atoms with Gasteiger partial charge in [0.05, 0.1) is 18.6 Å². The Bertz CT molecular complexity index is 239. The van der Waals surface area contributed by atoms with Crippen LogP contribution in [0.1, 0.15) is 39.0 Å². The van der Waals surface area contributed by atoms with Crippen LogP contribution in [0.5, 0.6) is 0 Å². The summed E-state index contributed by atoms with van der Waals surface area (Å²) in [4.78, 5) is 11.4. The summed E-state index contributed by atoms with van der Waals surface area (Å²) in [6, 6.07) is 0. The third-order valence-electron chi connectivity index (χ3n) is 4.12. The highest BCUT2D eigenvalue weighted by atomic mass is 16.5. The zero-order valence-electron chi connectivity index (χ0n) is 8.71. The Morgan fingerprint density at radius 3 is 2.29 bits per heavy atom. The molecule has 1 N–H and O–H groups in total. The van der Waals surface area contributed by atoms with Crippen LogP contribution in [0.25, 0.3) is 0 Å². The predicted molar refractivity (Wildman–Crippen MR) is 52.1 cm³/mol. The van der Waals surface area contributed by atoms with Crippen LogP contribution in [0.4, 0.5) is 0 Å². The summed E-state index contributed by atoms with van der Waals surface area (Å²) in [6.07, 6.45) is 4.83. The van der Waals surface area contributed by atoms with Crippen LogP contribution < -0.4 is 0 Å². The molecule has 0 aromatic heterocycles. The zero-order valence-corrected chi connectivity index (χ0v) is 8.71. The van der Waals surface area contributed by atoms with Gasteiger partial charge in [0.1, 0.15) is 0 Å². The lowest BCUT2D eigenvalue weighted by molar-refractivity contribution is -0.225. The summed E-state index contributed by atoms with van der Waals surface area (Å²) in [5.74, 6) is -0.597. The molecule has 0 amide bonds. The molecule has 0 aromatic carbocycles. The summed E-state index contributed by atoms with van der Waals surface area (Å²) in [7, 11) is 0. The molecule has 1 heterocycles. The van der Waals surface area contributed by atoms with Gasteiger partial charge in [-0.25, -0.2) is 0 Å². The summed E-state index contributed by atoms with van der Waals surface area (Å²) in [5, 5.41) is 9.36. The van der Waals surface area contributed by atoms with Gasteiger partial charge in [-0.3, -0.25) is 4.79 Å². The Balaban J connectivity index is 2.20. The fraction of sp³-hybridized carbons (Fsp3) is 0.909. The van der Waals surface area contributed by atoms with Gasteiger partial charge in [-0.1, -0.05) is 19.8 Å². The number of ether oxygens (including phenoxy) is 1. The van der Waals surface area contributed by atoms with Crippen LogP contribution in [0.15, 0.2) is 0 Å². The van der Waals surface area contributed by atoms with Gasteiger partial charge in [0.25, 0.3) is 0 Å². The van der Waals surface area contributed by atoms with Crippen LogP contribution in [0.3, 0.4) is 0 Å². The number of carbonyl (C=O) groups is 1. The molecular weight excluding hydrogens is 180 g/mol. The fourth-order valence-electron chi connectivity index (χ4n) is 2.99. The molecule has 1 aliphatic heterocycles. The van der Waals surface area contributed by atoms with Crippen LogP contribution in [-0.4, -0.2) is 24.3 Å². The monoisotopic (exact) mass is 198 g/mol. The van der Waals surface area contributed by atoms with Gasteiger partial charge in [0.2, 0.25) is 0 Å². The minimum atomic E-state index is -0.597. The standard InChI is InChI=1S/C11H18O3/c1-2-4-10(7-14-8-10)11(9(12)13)5-3-6-11/h2-8H2,1H3,(H,12,13). The molecule has 2 rings (SSSR count). The average Bonchev–Trinajstić information content (AvgIpc) is 1.96. The van der Waals surface area contributed by atoms with E-state index in [-0.39, 0.29) is 5.41 Å². The Labute approximate surface area is 84.4 Å². The van der Waals surface area contributed by atoms with E-state index in [2.05, 4.69) is 6.92 Å². The second kappa shape index (κ2) is 3.23. The Hall–Kier alpha value is -0.570. The highest BCUT2D eigenvalue weighted by Gasteiger charge is 2.62. The molecule has 0 spiro atoms. The van der Waals surface area contributed by atoms with Crippen molar-refractivity contribution in [2.24, 2.45) is 10.8 Å². The van der Waals surface area contributed by atoms with Crippen LogP contribution in [-0.2, 0) is 9.53 Å². The molecule has 0 bridgehead atoms. The molecule has 0 unspecified atom stereocenters. The number of hydrogen-bond acceptors (Lipinski definition) is 2. The predicted octanol–water partition coefficient (Wildman–Crippen LogP) is 2.06. The van der Waals surface area contributed by atoms with Gasteiger partial charge in [-0.2, -0.15) is 0 Å². The van der Waals surface area contributed by atoms with Gasteiger partial charge in [-0.15, -0.1) is 0 Å². The minimum Gasteiger partial charge on any atom is -0.481 e. The third kappa shape index (κ3) is 1.05. The first-order valence-electron chi connectivity index (χ1n) is 5.48. The molecule has 2 aliphatic rings. The zero-order chi connectivity index (χ0) is 10.2. The molecule has 0 atom stereocenters. The molecule has 1 saturated heterocycles. The van der Waals surface area contributed by atoms with Crippen molar-refractivity contribution in [3.63, 3.8) is 0 Å². The van der Waals surface area contributed by atoms with Crippen molar-refractivity contribution < 1.29 is 14.6 Å². The van der Waals surface area contributed by atoms with Crippen molar-refractivity contribution in [2.45, 2.75) is 39.0 Å². The molecule has 0 radical (unpaired) electrons. The van der Waals surface area contributed by atoms with E-state index in [1.807, 2.05) is 0 Å². The summed E-state index contributed by atoms with van der Waals surface area (Å²) >= 11 is 0.